The molecule has 0 atom stereocenters. The second-order valence-corrected chi connectivity index (χ2v) is 7.31. The quantitative estimate of drug-likeness (QED) is 0.845. The van der Waals surface area contributed by atoms with E-state index in [1.807, 2.05) is 18.6 Å². The fourth-order valence-corrected chi connectivity index (χ4v) is 3.41. The highest BCUT2D eigenvalue weighted by Crippen LogP contribution is 2.19. The van der Waals surface area contributed by atoms with Crippen LogP contribution in [0.1, 0.15) is 30.5 Å². The number of benzene rings is 1. The number of hydrogen-bond donors (Lipinski definition) is 2. The molecule has 8 heteroatoms. The molecule has 2 N–H and O–H groups in total. The Kier molecular flexibility index (Phi) is 5.15. The van der Waals surface area contributed by atoms with Crippen LogP contribution in [0.2, 0.25) is 0 Å². The van der Waals surface area contributed by atoms with Crippen LogP contribution in [0, 0.1) is 0 Å². The molecule has 0 radical (unpaired) electrons. The van der Waals surface area contributed by atoms with Crippen LogP contribution in [-0.4, -0.2) is 19.3 Å². The molecular formula is C14H17N3O3S2. The number of carbonyl (C=O) groups excluding carboxylic acids is 1. The van der Waals surface area contributed by atoms with E-state index in [9.17, 15) is 13.2 Å². The third kappa shape index (κ3) is 4.81. The van der Waals surface area contributed by atoms with Gasteiger partial charge in [0.25, 0.3) is 0 Å². The van der Waals surface area contributed by atoms with Crippen molar-refractivity contribution in [2.75, 3.05) is 4.72 Å². The average molecular weight is 339 g/mol. The van der Waals surface area contributed by atoms with Crippen molar-refractivity contribution in [1.82, 2.24) is 9.71 Å². The van der Waals surface area contributed by atoms with Gasteiger partial charge in [0.15, 0.2) is 0 Å². The minimum atomic E-state index is -3.94. The minimum Gasteiger partial charge on any atom is -0.274 e. The highest BCUT2D eigenvalue weighted by atomic mass is 32.2. The smallest absolute Gasteiger partial charge is 0.274 e. The molecule has 1 heterocycles. The molecule has 2 aromatic rings. The summed E-state index contributed by atoms with van der Waals surface area (Å²) in [6.45, 7) is 4.02. The van der Waals surface area contributed by atoms with Crippen LogP contribution in [0.4, 0.5) is 5.69 Å². The third-order valence-electron chi connectivity index (χ3n) is 2.68. The number of rotatable bonds is 6. The summed E-state index contributed by atoms with van der Waals surface area (Å²) in [5, 5.41) is 2.69. The maximum atomic E-state index is 11.9. The highest BCUT2D eigenvalue weighted by Gasteiger charge is 2.16. The summed E-state index contributed by atoms with van der Waals surface area (Å²) in [4.78, 5) is 16.1. The van der Waals surface area contributed by atoms with E-state index in [-0.39, 0.29) is 12.3 Å². The topological polar surface area (TPSA) is 88.2 Å². The van der Waals surface area contributed by atoms with Crippen LogP contribution in [0.5, 0.6) is 0 Å². The first-order valence-corrected chi connectivity index (χ1v) is 9.05. The Morgan fingerprint density at radius 1 is 1.27 bits per heavy atom. The molecule has 0 aliphatic heterocycles. The van der Waals surface area contributed by atoms with Gasteiger partial charge in [-0.3, -0.25) is 9.52 Å². The summed E-state index contributed by atoms with van der Waals surface area (Å²) in [5.41, 5.74) is 0.958. The second kappa shape index (κ2) is 6.89. The first-order valence-electron chi connectivity index (χ1n) is 6.68. The monoisotopic (exact) mass is 339 g/mol. The molecule has 22 heavy (non-hydrogen) atoms. The largest absolute Gasteiger partial charge is 0.323 e. The summed E-state index contributed by atoms with van der Waals surface area (Å²) < 4.78 is 28.0. The fourth-order valence-electron chi connectivity index (χ4n) is 1.71. The predicted octanol–water partition coefficient (Wildman–Crippen LogP) is 2.28. The van der Waals surface area contributed by atoms with Crippen LogP contribution < -0.4 is 9.44 Å². The number of carbonyl (C=O) groups is 1. The van der Waals surface area contributed by atoms with E-state index >= 15 is 0 Å². The first-order chi connectivity index (χ1) is 10.4. The Bertz CT molecular complexity index is 740. The van der Waals surface area contributed by atoms with Crippen LogP contribution in [0.3, 0.4) is 0 Å². The minimum absolute atomic E-state index is 0.0705. The number of nitrogens with zero attached hydrogens (tertiary/aromatic N) is 1. The van der Waals surface area contributed by atoms with Crippen LogP contribution in [0.25, 0.3) is 0 Å². The maximum Gasteiger partial charge on any atom is 0.323 e. The molecule has 2 rings (SSSR count). The SMILES string of the molecule is CC(C)c1nc(CC(=O)NS(=O)(=O)Nc2ccccc2)cs1. The molecule has 118 valence electrons. The Morgan fingerprint density at radius 2 is 1.95 bits per heavy atom. The van der Waals surface area contributed by atoms with Crippen molar-refractivity contribution in [3.05, 3.63) is 46.4 Å². The van der Waals surface area contributed by atoms with E-state index in [1.54, 1.807) is 35.7 Å². The number of para-hydroxylation sites is 1. The molecule has 1 amide bonds. The predicted molar refractivity (Wildman–Crippen MR) is 87.0 cm³/mol. The summed E-state index contributed by atoms with van der Waals surface area (Å²) >= 11 is 1.46. The van der Waals surface area contributed by atoms with Gasteiger partial charge in [0.05, 0.1) is 22.8 Å². The van der Waals surface area contributed by atoms with Gasteiger partial charge in [-0.2, -0.15) is 8.42 Å². The molecule has 0 unspecified atom stereocenters. The van der Waals surface area contributed by atoms with Gasteiger partial charge in [0.1, 0.15) is 0 Å². The van der Waals surface area contributed by atoms with Gasteiger partial charge in [-0.1, -0.05) is 32.0 Å². The van der Waals surface area contributed by atoms with Gasteiger partial charge in [-0.05, 0) is 12.1 Å². The lowest BCUT2D eigenvalue weighted by Gasteiger charge is -2.08. The summed E-state index contributed by atoms with van der Waals surface area (Å²) in [6, 6.07) is 8.35. The zero-order valence-corrected chi connectivity index (χ0v) is 13.9. The Labute approximate surface area is 133 Å². The van der Waals surface area contributed by atoms with Crippen molar-refractivity contribution in [2.45, 2.75) is 26.2 Å². The molecule has 1 aromatic heterocycles. The number of nitrogens with one attached hydrogen (secondary N) is 2. The van der Waals surface area contributed by atoms with E-state index in [0.717, 1.165) is 5.01 Å². The van der Waals surface area contributed by atoms with Crippen molar-refractivity contribution < 1.29 is 13.2 Å². The Hall–Kier alpha value is -1.93. The van der Waals surface area contributed by atoms with Gasteiger partial charge in [-0.25, -0.2) is 9.71 Å². The number of thiazole rings is 1. The van der Waals surface area contributed by atoms with Crippen molar-refractivity contribution in [3.8, 4) is 0 Å². The molecule has 0 bridgehead atoms. The van der Waals surface area contributed by atoms with E-state index in [0.29, 0.717) is 11.4 Å². The molecule has 0 spiro atoms. The van der Waals surface area contributed by atoms with Gasteiger partial charge >= 0.3 is 10.2 Å². The maximum absolute atomic E-state index is 11.9. The summed E-state index contributed by atoms with van der Waals surface area (Å²) in [5.74, 6) is -0.339. The Morgan fingerprint density at radius 3 is 2.55 bits per heavy atom. The molecule has 6 nitrogen and oxygen atoms in total. The van der Waals surface area contributed by atoms with E-state index < -0.39 is 16.1 Å². The standard InChI is InChI=1S/C14H17N3O3S2/c1-10(2)14-15-12(9-21-14)8-13(18)17-22(19,20)16-11-6-4-3-5-7-11/h3-7,9-10,16H,8H2,1-2H3,(H,17,18). The fraction of sp³-hybridized carbons (Fsp3) is 0.286. The first kappa shape index (κ1) is 16.4. The van der Waals surface area contributed by atoms with Crippen molar-refractivity contribution in [3.63, 3.8) is 0 Å². The molecule has 1 aromatic carbocycles. The lowest BCUT2D eigenvalue weighted by Crippen LogP contribution is -2.36. The molecule has 0 saturated heterocycles. The summed E-state index contributed by atoms with van der Waals surface area (Å²) in [7, 11) is -3.94. The molecule has 0 aliphatic carbocycles. The van der Waals surface area contributed by atoms with Gasteiger partial charge in [0.2, 0.25) is 5.91 Å². The van der Waals surface area contributed by atoms with Crippen LogP contribution in [-0.2, 0) is 21.4 Å². The van der Waals surface area contributed by atoms with E-state index in [1.165, 1.54) is 11.3 Å². The zero-order valence-electron chi connectivity index (χ0n) is 12.2. The molecular weight excluding hydrogens is 322 g/mol. The van der Waals surface area contributed by atoms with Crippen LogP contribution in [0.15, 0.2) is 35.7 Å². The van der Waals surface area contributed by atoms with Crippen LogP contribution >= 0.6 is 11.3 Å². The summed E-state index contributed by atoms with van der Waals surface area (Å²) in [6.07, 6.45) is -0.0705. The van der Waals surface area contributed by atoms with Crippen molar-refractivity contribution >= 4 is 33.1 Å². The number of hydrogen-bond acceptors (Lipinski definition) is 5. The number of aromatic nitrogens is 1. The zero-order chi connectivity index (χ0) is 16.2. The van der Waals surface area contributed by atoms with E-state index in [4.69, 9.17) is 0 Å². The van der Waals surface area contributed by atoms with Gasteiger partial charge < -0.3 is 0 Å². The average Bonchev–Trinajstić information content (AvgIpc) is 2.87. The van der Waals surface area contributed by atoms with Crippen molar-refractivity contribution in [2.24, 2.45) is 0 Å². The lowest BCUT2D eigenvalue weighted by molar-refractivity contribution is -0.118. The van der Waals surface area contributed by atoms with Gasteiger partial charge in [0, 0.05) is 11.3 Å². The van der Waals surface area contributed by atoms with Crippen molar-refractivity contribution in [1.29, 1.82) is 0 Å². The molecule has 0 fully saturated rings. The normalized spacial score (nSPS) is 11.4. The van der Waals surface area contributed by atoms with Gasteiger partial charge in [-0.15, -0.1) is 11.3 Å². The van der Waals surface area contributed by atoms with E-state index in [2.05, 4.69) is 9.71 Å². The second-order valence-electron chi connectivity index (χ2n) is 5.01. The lowest BCUT2D eigenvalue weighted by atomic mass is 10.2. The Balaban J connectivity index is 1.95. The third-order valence-corrected chi connectivity index (χ3v) is 4.87. The number of anilines is 1. The highest BCUT2D eigenvalue weighted by molar-refractivity contribution is 7.91. The molecule has 0 saturated carbocycles. The number of amides is 1. The molecule has 0 aliphatic rings.